The van der Waals surface area contributed by atoms with Crippen molar-refractivity contribution in [1.82, 2.24) is 5.32 Å². The first kappa shape index (κ1) is 14.6. The van der Waals surface area contributed by atoms with Gasteiger partial charge in [0.05, 0.1) is 6.04 Å². The van der Waals surface area contributed by atoms with Crippen LogP contribution in [0.15, 0.2) is 40.6 Å². The molecule has 1 heterocycles. The van der Waals surface area contributed by atoms with Crippen molar-refractivity contribution < 1.29 is 0 Å². The molecule has 0 bridgehead atoms. The van der Waals surface area contributed by atoms with Gasteiger partial charge in [0.15, 0.2) is 0 Å². The molecule has 1 atom stereocenters. The summed E-state index contributed by atoms with van der Waals surface area (Å²) in [6.07, 6.45) is 3.27. The largest absolute Gasteiger partial charge is 0.306 e. The lowest BCUT2D eigenvalue weighted by Crippen LogP contribution is -2.22. The zero-order valence-corrected chi connectivity index (χ0v) is 13.4. The van der Waals surface area contributed by atoms with Gasteiger partial charge in [-0.05, 0) is 60.9 Å². The van der Waals surface area contributed by atoms with Gasteiger partial charge >= 0.3 is 0 Å². The summed E-state index contributed by atoms with van der Waals surface area (Å²) in [6.45, 7) is 5.42. The maximum atomic E-state index is 3.65. The summed E-state index contributed by atoms with van der Waals surface area (Å²) < 4.78 is 0. The molecule has 1 aromatic carbocycles. The van der Waals surface area contributed by atoms with Gasteiger partial charge in [-0.15, -0.1) is 23.1 Å². The molecular weight excluding hydrogens is 270 g/mol. The van der Waals surface area contributed by atoms with Crippen molar-refractivity contribution in [3.63, 3.8) is 0 Å². The Hall–Kier alpha value is -0.770. The Morgan fingerprint density at radius 1 is 1.21 bits per heavy atom. The molecule has 0 aliphatic rings. The molecule has 0 saturated heterocycles. The molecule has 0 spiro atoms. The summed E-state index contributed by atoms with van der Waals surface area (Å²) in [6, 6.07) is 11.5. The molecule has 1 aromatic heterocycles. The maximum absolute atomic E-state index is 3.65. The van der Waals surface area contributed by atoms with E-state index in [1.807, 2.05) is 11.3 Å². The first-order chi connectivity index (χ1) is 9.24. The van der Waals surface area contributed by atoms with Crippen molar-refractivity contribution in [1.29, 1.82) is 0 Å². The second kappa shape index (κ2) is 7.13. The molecule has 0 saturated carbocycles. The summed E-state index contributed by atoms with van der Waals surface area (Å²) in [4.78, 5) is 2.69. The van der Waals surface area contributed by atoms with Crippen LogP contribution in [0.2, 0.25) is 0 Å². The predicted octanol–water partition coefficient (Wildman–Crippen LogP) is 4.87. The van der Waals surface area contributed by atoms with Crippen molar-refractivity contribution in [3.8, 4) is 0 Å². The predicted molar refractivity (Wildman–Crippen MR) is 87.4 cm³/mol. The minimum atomic E-state index is 0.320. The van der Waals surface area contributed by atoms with Crippen LogP contribution >= 0.6 is 23.1 Å². The van der Waals surface area contributed by atoms with Crippen molar-refractivity contribution in [2.45, 2.75) is 31.2 Å². The molecule has 0 aliphatic heterocycles. The summed E-state index contributed by atoms with van der Waals surface area (Å²) in [5.41, 5.74) is 2.73. The quantitative estimate of drug-likeness (QED) is 0.762. The summed E-state index contributed by atoms with van der Waals surface area (Å²) in [5, 5.41) is 5.92. The van der Waals surface area contributed by atoms with Crippen molar-refractivity contribution in [2.24, 2.45) is 0 Å². The molecule has 3 heteroatoms. The molecule has 19 heavy (non-hydrogen) atoms. The van der Waals surface area contributed by atoms with Crippen LogP contribution in [0.1, 0.15) is 35.4 Å². The van der Waals surface area contributed by atoms with E-state index in [2.05, 4.69) is 61.1 Å². The van der Waals surface area contributed by atoms with E-state index in [1.165, 1.54) is 20.9 Å². The molecule has 2 aromatic rings. The first-order valence-electron chi connectivity index (χ1n) is 6.67. The molecule has 0 aliphatic carbocycles. The Labute approximate surface area is 124 Å². The fourth-order valence-corrected chi connectivity index (χ4v) is 3.27. The zero-order chi connectivity index (χ0) is 13.7. The number of hydrogen-bond donors (Lipinski definition) is 1. The van der Waals surface area contributed by atoms with E-state index in [4.69, 9.17) is 0 Å². The molecule has 0 radical (unpaired) electrons. The SMILES string of the molecule is CCCNC(c1ccc(SC)cc1)c1csc(C)c1. The van der Waals surface area contributed by atoms with Crippen LogP contribution in [0, 0.1) is 6.92 Å². The van der Waals surface area contributed by atoms with Crippen LogP contribution in [-0.2, 0) is 0 Å². The van der Waals surface area contributed by atoms with E-state index >= 15 is 0 Å². The third-order valence-corrected chi connectivity index (χ3v) is 4.75. The monoisotopic (exact) mass is 291 g/mol. The standard InChI is InChI=1S/C16H21NS2/c1-4-9-17-16(14-10-12(2)19-11-14)13-5-7-15(18-3)8-6-13/h5-8,10-11,16-17H,4,9H2,1-3H3. The highest BCUT2D eigenvalue weighted by molar-refractivity contribution is 7.98. The Balaban J connectivity index is 2.25. The first-order valence-corrected chi connectivity index (χ1v) is 8.77. The Morgan fingerprint density at radius 2 is 1.95 bits per heavy atom. The number of hydrogen-bond acceptors (Lipinski definition) is 3. The summed E-state index contributed by atoms with van der Waals surface area (Å²) in [5.74, 6) is 0. The molecule has 1 unspecified atom stereocenters. The molecule has 0 fully saturated rings. The van der Waals surface area contributed by atoms with E-state index in [0.717, 1.165) is 13.0 Å². The minimum Gasteiger partial charge on any atom is -0.306 e. The van der Waals surface area contributed by atoms with E-state index < -0.39 is 0 Å². The van der Waals surface area contributed by atoms with Gasteiger partial charge in [-0.2, -0.15) is 0 Å². The number of benzene rings is 1. The highest BCUT2D eigenvalue weighted by Crippen LogP contribution is 2.27. The van der Waals surface area contributed by atoms with Crippen LogP contribution in [0.5, 0.6) is 0 Å². The van der Waals surface area contributed by atoms with Crippen molar-refractivity contribution in [3.05, 3.63) is 51.7 Å². The zero-order valence-electron chi connectivity index (χ0n) is 11.8. The van der Waals surface area contributed by atoms with Crippen molar-refractivity contribution in [2.75, 3.05) is 12.8 Å². The van der Waals surface area contributed by atoms with E-state index in [0.29, 0.717) is 6.04 Å². The number of rotatable bonds is 6. The second-order valence-electron chi connectivity index (χ2n) is 4.65. The fourth-order valence-electron chi connectivity index (χ4n) is 2.13. The molecular formula is C16H21NS2. The molecule has 2 rings (SSSR count). The number of thiophene rings is 1. The van der Waals surface area contributed by atoms with Gasteiger partial charge in [-0.25, -0.2) is 0 Å². The van der Waals surface area contributed by atoms with Crippen LogP contribution in [0.4, 0.5) is 0 Å². The van der Waals surface area contributed by atoms with Crippen LogP contribution in [-0.4, -0.2) is 12.8 Å². The van der Waals surface area contributed by atoms with Gasteiger partial charge in [-0.3, -0.25) is 0 Å². The molecule has 1 nitrogen and oxygen atoms in total. The Kier molecular flexibility index (Phi) is 5.49. The number of thioether (sulfide) groups is 1. The topological polar surface area (TPSA) is 12.0 Å². The minimum absolute atomic E-state index is 0.320. The fraction of sp³-hybridized carbons (Fsp3) is 0.375. The highest BCUT2D eigenvalue weighted by Gasteiger charge is 2.14. The second-order valence-corrected chi connectivity index (χ2v) is 6.65. The molecule has 0 amide bonds. The smallest absolute Gasteiger partial charge is 0.0585 e. The lowest BCUT2D eigenvalue weighted by molar-refractivity contribution is 0.599. The average Bonchev–Trinajstić information content (AvgIpc) is 2.86. The van der Waals surface area contributed by atoms with Crippen LogP contribution in [0.25, 0.3) is 0 Å². The third kappa shape index (κ3) is 3.85. The van der Waals surface area contributed by atoms with Gasteiger partial charge in [0.25, 0.3) is 0 Å². The summed E-state index contributed by atoms with van der Waals surface area (Å²) >= 11 is 3.61. The number of nitrogens with one attached hydrogen (secondary N) is 1. The van der Waals surface area contributed by atoms with Crippen LogP contribution < -0.4 is 5.32 Å². The van der Waals surface area contributed by atoms with Gasteiger partial charge in [-0.1, -0.05) is 19.1 Å². The van der Waals surface area contributed by atoms with Crippen LogP contribution in [0.3, 0.4) is 0 Å². The third-order valence-electron chi connectivity index (χ3n) is 3.13. The van der Waals surface area contributed by atoms with E-state index in [9.17, 15) is 0 Å². The Morgan fingerprint density at radius 3 is 2.47 bits per heavy atom. The Bertz CT molecular complexity index is 502. The lowest BCUT2D eigenvalue weighted by atomic mass is 10.0. The van der Waals surface area contributed by atoms with Gasteiger partial charge < -0.3 is 5.32 Å². The maximum Gasteiger partial charge on any atom is 0.0585 e. The number of aryl methyl sites for hydroxylation is 1. The van der Waals surface area contributed by atoms with E-state index in [-0.39, 0.29) is 0 Å². The van der Waals surface area contributed by atoms with Crippen molar-refractivity contribution >= 4 is 23.1 Å². The average molecular weight is 291 g/mol. The van der Waals surface area contributed by atoms with Gasteiger partial charge in [0.1, 0.15) is 0 Å². The van der Waals surface area contributed by atoms with Gasteiger partial charge in [0, 0.05) is 9.77 Å². The van der Waals surface area contributed by atoms with E-state index in [1.54, 1.807) is 11.8 Å². The highest BCUT2D eigenvalue weighted by atomic mass is 32.2. The molecule has 1 N–H and O–H groups in total. The van der Waals surface area contributed by atoms with Gasteiger partial charge in [0.2, 0.25) is 0 Å². The lowest BCUT2D eigenvalue weighted by Gasteiger charge is -2.18. The molecule has 102 valence electrons. The normalized spacial score (nSPS) is 12.6. The summed E-state index contributed by atoms with van der Waals surface area (Å²) in [7, 11) is 0.